The van der Waals surface area contributed by atoms with Crippen LogP contribution in [0.1, 0.15) is 30.2 Å². The summed E-state index contributed by atoms with van der Waals surface area (Å²) in [4.78, 5) is 18.6. The maximum atomic E-state index is 12.6. The highest BCUT2D eigenvalue weighted by molar-refractivity contribution is 9.10. The molecule has 1 aromatic heterocycles. The Labute approximate surface area is 184 Å². The molecule has 10 heteroatoms. The lowest BCUT2D eigenvalue weighted by Crippen LogP contribution is -2.40. The zero-order valence-electron chi connectivity index (χ0n) is 16.2. The number of halogens is 4. The van der Waals surface area contributed by atoms with Crippen LogP contribution in [0.3, 0.4) is 0 Å². The van der Waals surface area contributed by atoms with E-state index >= 15 is 0 Å². The number of nitrogens with one attached hydrogen (secondary N) is 1. The Balaban J connectivity index is 1.32. The Morgan fingerprint density at radius 2 is 1.71 bits per heavy atom. The Morgan fingerprint density at radius 1 is 1.06 bits per heavy atom. The third-order valence-electron chi connectivity index (χ3n) is 5.14. The number of alkyl halides is 3. The van der Waals surface area contributed by atoms with Crippen LogP contribution in [0.25, 0.3) is 11.4 Å². The smallest absolute Gasteiger partial charge is 0.339 e. The molecule has 0 atom stereocenters. The highest BCUT2D eigenvalue weighted by Gasteiger charge is 2.30. The first-order chi connectivity index (χ1) is 14.8. The van der Waals surface area contributed by atoms with Gasteiger partial charge in [0.25, 0.3) is 0 Å². The number of urea groups is 1. The first-order valence-corrected chi connectivity index (χ1v) is 10.4. The van der Waals surface area contributed by atoms with Gasteiger partial charge in [0.1, 0.15) is 0 Å². The van der Waals surface area contributed by atoms with Crippen molar-refractivity contribution in [1.82, 2.24) is 15.0 Å². The van der Waals surface area contributed by atoms with E-state index in [0.29, 0.717) is 43.3 Å². The number of amides is 2. The Hall–Kier alpha value is -2.88. The van der Waals surface area contributed by atoms with E-state index in [0.717, 1.165) is 22.2 Å². The summed E-state index contributed by atoms with van der Waals surface area (Å²) in [6.07, 6.45) is -3.10. The molecule has 0 unspecified atom stereocenters. The molecule has 1 fully saturated rings. The van der Waals surface area contributed by atoms with Crippen LogP contribution in [0.4, 0.5) is 23.7 Å². The summed E-state index contributed by atoms with van der Waals surface area (Å²) in [5.74, 6) is 1.11. The molecule has 0 spiro atoms. The van der Waals surface area contributed by atoms with Crippen LogP contribution in [-0.4, -0.2) is 34.2 Å². The number of carbonyl (C=O) groups is 1. The van der Waals surface area contributed by atoms with E-state index in [9.17, 15) is 18.0 Å². The van der Waals surface area contributed by atoms with Crippen molar-refractivity contribution in [1.29, 1.82) is 0 Å². The van der Waals surface area contributed by atoms with Crippen molar-refractivity contribution in [2.75, 3.05) is 18.4 Å². The molecule has 0 bridgehead atoms. The van der Waals surface area contributed by atoms with Crippen molar-refractivity contribution in [2.45, 2.75) is 24.9 Å². The summed E-state index contributed by atoms with van der Waals surface area (Å²) in [5, 5.41) is 6.69. The summed E-state index contributed by atoms with van der Waals surface area (Å²) in [7, 11) is 0. The molecular formula is C21H18BrF3N4O2. The predicted octanol–water partition coefficient (Wildman–Crippen LogP) is 5.93. The van der Waals surface area contributed by atoms with E-state index in [1.165, 1.54) is 12.1 Å². The fourth-order valence-corrected chi connectivity index (χ4v) is 3.66. The topological polar surface area (TPSA) is 71.3 Å². The van der Waals surface area contributed by atoms with E-state index in [4.69, 9.17) is 4.52 Å². The molecular weight excluding hydrogens is 477 g/mol. The van der Waals surface area contributed by atoms with Gasteiger partial charge in [-0.3, -0.25) is 0 Å². The molecule has 1 saturated heterocycles. The third-order valence-corrected chi connectivity index (χ3v) is 5.67. The highest BCUT2D eigenvalue weighted by atomic mass is 79.9. The summed E-state index contributed by atoms with van der Waals surface area (Å²) < 4.78 is 44.3. The fourth-order valence-electron chi connectivity index (χ4n) is 3.39. The lowest BCUT2D eigenvalue weighted by Gasteiger charge is -2.30. The van der Waals surface area contributed by atoms with Crippen LogP contribution in [0.2, 0.25) is 0 Å². The number of carbonyl (C=O) groups excluding carboxylic acids is 1. The van der Waals surface area contributed by atoms with E-state index < -0.39 is 11.7 Å². The van der Waals surface area contributed by atoms with Gasteiger partial charge in [-0.1, -0.05) is 21.1 Å². The molecule has 3 aromatic rings. The molecule has 6 nitrogen and oxygen atoms in total. The molecule has 1 N–H and O–H groups in total. The minimum absolute atomic E-state index is 0.0480. The van der Waals surface area contributed by atoms with E-state index in [1.54, 1.807) is 4.90 Å². The minimum Gasteiger partial charge on any atom is -0.339 e. The van der Waals surface area contributed by atoms with Crippen molar-refractivity contribution >= 4 is 27.6 Å². The number of hydrogen-bond acceptors (Lipinski definition) is 4. The lowest BCUT2D eigenvalue weighted by atomic mass is 9.97. The Morgan fingerprint density at radius 3 is 2.32 bits per heavy atom. The maximum absolute atomic E-state index is 12.6. The zero-order valence-corrected chi connectivity index (χ0v) is 17.8. The van der Waals surface area contributed by atoms with Crippen LogP contribution in [0.5, 0.6) is 0 Å². The number of likely N-dealkylation sites (tertiary alicyclic amines) is 1. The van der Waals surface area contributed by atoms with Gasteiger partial charge in [0, 0.05) is 34.7 Å². The van der Waals surface area contributed by atoms with Crippen molar-refractivity contribution < 1.29 is 22.5 Å². The standard InChI is InChI=1S/C21H18BrF3N4O2/c22-16-5-1-13(2-6-16)18-27-19(31-28-18)14-9-11-29(12-10-14)20(30)26-17-7-3-15(4-8-17)21(23,24)25/h1-8,14H,9-12H2,(H,26,30). The summed E-state index contributed by atoms with van der Waals surface area (Å²) >= 11 is 3.39. The maximum Gasteiger partial charge on any atom is 0.416 e. The first-order valence-electron chi connectivity index (χ1n) is 9.62. The predicted molar refractivity (Wildman–Crippen MR) is 111 cm³/mol. The molecule has 2 amide bonds. The average molecular weight is 495 g/mol. The average Bonchev–Trinajstić information content (AvgIpc) is 3.24. The normalized spacial score (nSPS) is 15.2. The van der Waals surface area contributed by atoms with Gasteiger partial charge in [0.2, 0.25) is 11.7 Å². The van der Waals surface area contributed by atoms with Gasteiger partial charge in [-0.15, -0.1) is 0 Å². The van der Waals surface area contributed by atoms with Gasteiger partial charge >= 0.3 is 12.2 Å². The van der Waals surface area contributed by atoms with Crippen LogP contribution in [0.15, 0.2) is 57.5 Å². The van der Waals surface area contributed by atoms with E-state index in [2.05, 4.69) is 31.4 Å². The molecule has 0 radical (unpaired) electrons. The molecule has 0 saturated carbocycles. The van der Waals surface area contributed by atoms with Crippen LogP contribution < -0.4 is 5.32 Å². The quantitative estimate of drug-likeness (QED) is 0.489. The molecule has 31 heavy (non-hydrogen) atoms. The third kappa shape index (κ3) is 5.07. The van der Waals surface area contributed by atoms with E-state index in [-0.39, 0.29) is 11.9 Å². The minimum atomic E-state index is -4.41. The van der Waals surface area contributed by atoms with Crippen molar-refractivity contribution in [3.8, 4) is 11.4 Å². The number of piperidine rings is 1. The van der Waals surface area contributed by atoms with Gasteiger partial charge in [-0.2, -0.15) is 18.2 Å². The van der Waals surface area contributed by atoms with Gasteiger partial charge in [-0.25, -0.2) is 4.79 Å². The van der Waals surface area contributed by atoms with Gasteiger partial charge in [0.05, 0.1) is 5.56 Å². The molecule has 4 rings (SSSR count). The molecule has 0 aliphatic carbocycles. The van der Waals surface area contributed by atoms with Gasteiger partial charge in [-0.05, 0) is 61.4 Å². The SMILES string of the molecule is O=C(Nc1ccc(C(F)(F)F)cc1)N1CCC(c2nc(-c3ccc(Br)cc3)no2)CC1. The van der Waals surface area contributed by atoms with Crippen LogP contribution >= 0.6 is 15.9 Å². The van der Waals surface area contributed by atoms with Crippen molar-refractivity contribution in [3.05, 3.63) is 64.5 Å². The Bertz CT molecular complexity index is 1040. The van der Waals surface area contributed by atoms with Gasteiger partial charge in [0.15, 0.2) is 0 Å². The second-order valence-corrected chi connectivity index (χ2v) is 8.15. The Kier molecular flexibility index (Phi) is 5.99. The second-order valence-electron chi connectivity index (χ2n) is 7.23. The number of hydrogen-bond donors (Lipinski definition) is 1. The fraction of sp³-hybridized carbons (Fsp3) is 0.286. The summed E-state index contributed by atoms with van der Waals surface area (Å²) in [6, 6.07) is 11.6. The van der Waals surface area contributed by atoms with Crippen LogP contribution in [0, 0.1) is 0 Å². The van der Waals surface area contributed by atoms with E-state index in [1.807, 2.05) is 24.3 Å². The molecule has 2 heterocycles. The number of anilines is 1. The van der Waals surface area contributed by atoms with Crippen molar-refractivity contribution in [3.63, 3.8) is 0 Å². The number of aromatic nitrogens is 2. The molecule has 2 aromatic carbocycles. The largest absolute Gasteiger partial charge is 0.416 e. The monoisotopic (exact) mass is 494 g/mol. The molecule has 162 valence electrons. The first kappa shape index (κ1) is 21.4. The number of benzene rings is 2. The lowest BCUT2D eigenvalue weighted by molar-refractivity contribution is -0.137. The highest BCUT2D eigenvalue weighted by Crippen LogP contribution is 2.31. The number of nitrogens with zero attached hydrogens (tertiary/aromatic N) is 3. The summed E-state index contributed by atoms with van der Waals surface area (Å²) in [5.41, 5.74) is 0.413. The van der Waals surface area contributed by atoms with Crippen LogP contribution in [-0.2, 0) is 6.18 Å². The molecule has 1 aliphatic rings. The number of rotatable bonds is 3. The van der Waals surface area contributed by atoms with Crippen molar-refractivity contribution in [2.24, 2.45) is 0 Å². The van der Waals surface area contributed by atoms with Gasteiger partial charge < -0.3 is 14.7 Å². The second kappa shape index (κ2) is 8.70. The molecule has 1 aliphatic heterocycles. The summed E-state index contributed by atoms with van der Waals surface area (Å²) in [6.45, 7) is 0.959. The zero-order chi connectivity index (χ0) is 22.0.